The van der Waals surface area contributed by atoms with Crippen molar-refractivity contribution in [3.63, 3.8) is 0 Å². The molecule has 0 fully saturated rings. The summed E-state index contributed by atoms with van der Waals surface area (Å²) < 4.78 is 5.17. The number of hydrogen-bond acceptors (Lipinski definition) is 2. The molecule has 1 aliphatic rings. The zero-order chi connectivity index (χ0) is 16.4. The summed E-state index contributed by atoms with van der Waals surface area (Å²) in [6.45, 7) is 8.62. The molecule has 1 aromatic rings. The minimum absolute atomic E-state index is 0.189. The first-order valence-electron chi connectivity index (χ1n) is 8.03. The number of methoxy groups -OCH3 is 1. The highest BCUT2D eigenvalue weighted by molar-refractivity contribution is 5.37. The van der Waals surface area contributed by atoms with E-state index in [4.69, 9.17) is 4.74 Å². The van der Waals surface area contributed by atoms with E-state index in [9.17, 15) is 5.11 Å². The summed E-state index contributed by atoms with van der Waals surface area (Å²) in [6.07, 6.45) is 7.66. The van der Waals surface area contributed by atoms with Crippen molar-refractivity contribution in [3.8, 4) is 5.75 Å². The van der Waals surface area contributed by atoms with Crippen LogP contribution in [0.3, 0.4) is 0 Å². The molecule has 0 saturated heterocycles. The van der Waals surface area contributed by atoms with Gasteiger partial charge in [0.25, 0.3) is 0 Å². The van der Waals surface area contributed by atoms with Crippen LogP contribution < -0.4 is 4.74 Å². The van der Waals surface area contributed by atoms with Crippen LogP contribution in [-0.2, 0) is 5.60 Å². The van der Waals surface area contributed by atoms with Gasteiger partial charge >= 0.3 is 0 Å². The standard InChI is InChI=1S/C20H28O2/c1-15-7-6-13-19(2,3)18(15)12-14-20(4,21)16-8-10-17(22-5)11-9-16/h8-12,14,21H,6-7,13H2,1-5H3. The average Bonchev–Trinajstić information content (AvgIpc) is 2.46. The zero-order valence-corrected chi connectivity index (χ0v) is 14.4. The number of allylic oxidation sites excluding steroid dienone is 3. The fourth-order valence-electron chi connectivity index (χ4n) is 3.28. The molecule has 2 nitrogen and oxygen atoms in total. The molecule has 1 unspecified atom stereocenters. The topological polar surface area (TPSA) is 29.5 Å². The van der Waals surface area contributed by atoms with Crippen molar-refractivity contribution in [1.82, 2.24) is 0 Å². The molecule has 22 heavy (non-hydrogen) atoms. The van der Waals surface area contributed by atoms with E-state index in [1.54, 1.807) is 7.11 Å². The molecule has 0 heterocycles. The van der Waals surface area contributed by atoms with Crippen LogP contribution in [0.2, 0.25) is 0 Å². The molecule has 1 aliphatic carbocycles. The molecule has 0 bridgehead atoms. The lowest BCUT2D eigenvalue weighted by Crippen LogP contribution is -2.21. The van der Waals surface area contributed by atoms with Gasteiger partial charge in [-0.1, -0.05) is 37.6 Å². The third-order valence-corrected chi connectivity index (χ3v) is 4.79. The predicted octanol–water partition coefficient (Wildman–Crippen LogP) is 4.99. The number of ether oxygens (including phenoxy) is 1. The summed E-state index contributed by atoms with van der Waals surface area (Å²) in [6, 6.07) is 7.59. The second-order valence-electron chi connectivity index (χ2n) is 7.14. The predicted molar refractivity (Wildman–Crippen MR) is 92.0 cm³/mol. The monoisotopic (exact) mass is 300 g/mol. The van der Waals surface area contributed by atoms with Gasteiger partial charge in [-0.2, -0.15) is 0 Å². The van der Waals surface area contributed by atoms with E-state index in [1.807, 2.05) is 37.3 Å². The number of rotatable bonds is 4. The van der Waals surface area contributed by atoms with Crippen LogP contribution in [0.4, 0.5) is 0 Å². The fraction of sp³-hybridized carbons (Fsp3) is 0.500. The van der Waals surface area contributed by atoms with Gasteiger partial charge in [0, 0.05) is 0 Å². The first-order valence-corrected chi connectivity index (χ1v) is 8.03. The summed E-state index contributed by atoms with van der Waals surface area (Å²) in [5.74, 6) is 0.801. The molecular formula is C20H28O2. The fourth-order valence-corrected chi connectivity index (χ4v) is 3.28. The Hall–Kier alpha value is -1.54. The Morgan fingerprint density at radius 3 is 2.41 bits per heavy atom. The number of aliphatic hydroxyl groups is 1. The smallest absolute Gasteiger partial charge is 0.118 e. The van der Waals surface area contributed by atoms with E-state index in [-0.39, 0.29) is 5.41 Å². The van der Waals surface area contributed by atoms with E-state index in [2.05, 4.69) is 26.8 Å². The van der Waals surface area contributed by atoms with Crippen molar-refractivity contribution in [1.29, 1.82) is 0 Å². The maximum absolute atomic E-state index is 10.8. The first kappa shape index (κ1) is 16.8. The quantitative estimate of drug-likeness (QED) is 0.849. The van der Waals surface area contributed by atoms with Gasteiger partial charge in [-0.15, -0.1) is 0 Å². The van der Waals surface area contributed by atoms with Gasteiger partial charge in [0.15, 0.2) is 0 Å². The normalized spacial score (nSPS) is 21.0. The Bertz CT molecular complexity index is 574. The molecule has 0 amide bonds. The highest BCUT2D eigenvalue weighted by Crippen LogP contribution is 2.41. The molecule has 0 radical (unpaired) electrons. The van der Waals surface area contributed by atoms with Crippen LogP contribution in [0.25, 0.3) is 0 Å². The van der Waals surface area contributed by atoms with E-state index in [0.29, 0.717) is 0 Å². The Morgan fingerprint density at radius 1 is 1.23 bits per heavy atom. The van der Waals surface area contributed by atoms with Gasteiger partial charge in [-0.3, -0.25) is 0 Å². The summed E-state index contributed by atoms with van der Waals surface area (Å²) >= 11 is 0. The van der Waals surface area contributed by atoms with Crippen molar-refractivity contribution in [2.24, 2.45) is 5.41 Å². The van der Waals surface area contributed by atoms with Crippen LogP contribution >= 0.6 is 0 Å². The average molecular weight is 300 g/mol. The Morgan fingerprint density at radius 2 is 1.86 bits per heavy atom. The van der Waals surface area contributed by atoms with Crippen LogP contribution in [0, 0.1) is 5.41 Å². The SMILES string of the molecule is COc1ccc(C(C)(O)C=CC2=C(C)CCCC2(C)C)cc1. The summed E-state index contributed by atoms with van der Waals surface area (Å²) in [4.78, 5) is 0. The van der Waals surface area contributed by atoms with Gasteiger partial charge in [0.2, 0.25) is 0 Å². The number of hydrogen-bond donors (Lipinski definition) is 1. The van der Waals surface area contributed by atoms with E-state index in [1.165, 1.54) is 24.0 Å². The highest BCUT2D eigenvalue weighted by atomic mass is 16.5. The maximum Gasteiger partial charge on any atom is 0.118 e. The lowest BCUT2D eigenvalue weighted by atomic mass is 9.72. The Labute approximate surface area is 134 Å². The molecule has 0 aliphatic heterocycles. The third kappa shape index (κ3) is 3.61. The lowest BCUT2D eigenvalue weighted by Gasteiger charge is -2.33. The Balaban J connectivity index is 2.26. The van der Waals surface area contributed by atoms with Gasteiger partial charge in [0.05, 0.1) is 7.11 Å². The van der Waals surface area contributed by atoms with Crippen molar-refractivity contribution in [2.45, 2.75) is 52.6 Å². The zero-order valence-electron chi connectivity index (χ0n) is 14.4. The van der Waals surface area contributed by atoms with E-state index in [0.717, 1.165) is 17.7 Å². The molecule has 1 aromatic carbocycles. The van der Waals surface area contributed by atoms with Crippen LogP contribution in [0.15, 0.2) is 47.6 Å². The molecule has 1 atom stereocenters. The molecule has 2 heteroatoms. The molecule has 2 rings (SSSR count). The second-order valence-corrected chi connectivity index (χ2v) is 7.14. The van der Waals surface area contributed by atoms with E-state index >= 15 is 0 Å². The highest BCUT2D eigenvalue weighted by Gasteiger charge is 2.28. The second kappa shape index (κ2) is 6.29. The van der Waals surface area contributed by atoms with Crippen LogP contribution in [0.5, 0.6) is 5.75 Å². The van der Waals surface area contributed by atoms with Crippen LogP contribution in [0.1, 0.15) is 52.5 Å². The largest absolute Gasteiger partial charge is 0.497 e. The van der Waals surface area contributed by atoms with Gasteiger partial charge in [-0.05, 0) is 67.9 Å². The minimum Gasteiger partial charge on any atom is -0.497 e. The molecule has 0 saturated carbocycles. The third-order valence-electron chi connectivity index (χ3n) is 4.79. The maximum atomic E-state index is 10.8. The molecular weight excluding hydrogens is 272 g/mol. The molecule has 1 N–H and O–H groups in total. The van der Waals surface area contributed by atoms with Crippen molar-refractivity contribution in [2.75, 3.05) is 7.11 Å². The van der Waals surface area contributed by atoms with Gasteiger partial charge < -0.3 is 9.84 Å². The molecule has 0 aromatic heterocycles. The van der Waals surface area contributed by atoms with E-state index < -0.39 is 5.60 Å². The minimum atomic E-state index is -0.979. The lowest BCUT2D eigenvalue weighted by molar-refractivity contribution is 0.111. The van der Waals surface area contributed by atoms with Crippen molar-refractivity contribution in [3.05, 3.63) is 53.1 Å². The van der Waals surface area contributed by atoms with Crippen LogP contribution in [-0.4, -0.2) is 12.2 Å². The van der Waals surface area contributed by atoms with Crippen molar-refractivity contribution < 1.29 is 9.84 Å². The Kier molecular flexibility index (Phi) is 4.81. The van der Waals surface area contributed by atoms with Gasteiger partial charge in [0.1, 0.15) is 11.4 Å². The molecule has 0 spiro atoms. The summed E-state index contributed by atoms with van der Waals surface area (Å²) in [5, 5.41) is 10.8. The van der Waals surface area contributed by atoms with Crippen molar-refractivity contribution >= 4 is 0 Å². The number of benzene rings is 1. The first-order chi connectivity index (χ1) is 10.3. The summed E-state index contributed by atoms with van der Waals surface area (Å²) in [7, 11) is 1.65. The summed E-state index contributed by atoms with van der Waals surface area (Å²) in [5.41, 5.74) is 2.89. The van der Waals surface area contributed by atoms with Gasteiger partial charge in [-0.25, -0.2) is 0 Å². The molecule has 120 valence electrons.